The van der Waals surface area contributed by atoms with E-state index in [2.05, 4.69) is 10.9 Å². The molecule has 0 saturated carbocycles. The van der Waals surface area contributed by atoms with Crippen LogP contribution in [0.1, 0.15) is 22.9 Å². The van der Waals surface area contributed by atoms with Crippen molar-refractivity contribution in [1.29, 1.82) is 0 Å². The highest BCUT2D eigenvalue weighted by Crippen LogP contribution is 2.35. The van der Waals surface area contributed by atoms with Crippen molar-refractivity contribution < 1.29 is 23.7 Å². The SMILES string of the molecule is C#Cc1cccc(C(COC)c2nc(N)c3cc(OCCOC)c(OCCOC)cc3n2)c1. The summed E-state index contributed by atoms with van der Waals surface area (Å²) < 4.78 is 27.4. The van der Waals surface area contributed by atoms with E-state index < -0.39 is 0 Å². The summed E-state index contributed by atoms with van der Waals surface area (Å²) in [6, 6.07) is 11.3. The van der Waals surface area contributed by atoms with Gasteiger partial charge in [-0.3, -0.25) is 0 Å². The summed E-state index contributed by atoms with van der Waals surface area (Å²) in [7, 11) is 4.86. The van der Waals surface area contributed by atoms with Crippen molar-refractivity contribution in [3.63, 3.8) is 0 Å². The second kappa shape index (κ2) is 12.0. The first kappa shape index (κ1) is 24.3. The average Bonchev–Trinajstić information content (AvgIpc) is 2.83. The molecule has 2 N–H and O–H groups in total. The lowest BCUT2D eigenvalue weighted by atomic mass is 9.97. The summed E-state index contributed by atoms with van der Waals surface area (Å²) in [5.41, 5.74) is 8.71. The number of nitrogens with two attached hydrogens (primary N) is 1. The molecule has 0 spiro atoms. The molecule has 0 radical (unpaired) electrons. The zero-order valence-corrected chi connectivity index (χ0v) is 19.2. The number of benzene rings is 2. The minimum atomic E-state index is -0.245. The van der Waals surface area contributed by atoms with Crippen molar-refractivity contribution in [3.05, 3.63) is 53.3 Å². The van der Waals surface area contributed by atoms with Gasteiger partial charge in [0.25, 0.3) is 0 Å². The Morgan fingerprint density at radius 3 is 2.24 bits per heavy atom. The fourth-order valence-corrected chi connectivity index (χ4v) is 3.36. The topological polar surface area (TPSA) is 98.0 Å². The van der Waals surface area contributed by atoms with Gasteiger partial charge >= 0.3 is 0 Å². The molecule has 1 heterocycles. The Morgan fingerprint density at radius 1 is 0.909 bits per heavy atom. The average molecular weight is 452 g/mol. The third-order valence-electron chi connectivity index (χ3n) is 5.00. The highest BCUT2D eigenvalue weighted by Gasteiger charge is 2.21. The van der Waals surface area contributed by atoms with Crippen LogP contribution in [-0.4, -0.2) is 64.3 Å². The highest BCUT2D eigenvalue weighted by molar-refractivity contribution is 5.91. The van der Waals surface area contributed by atoms with Gasteiger partial charge in [-0.25, -0.2) is 9.97 Å². The third kappa shape index (κ3) is 6.11. The minimum Gasteiger partial charge on any atom is -0.487 e. The Morgan fingerprint density at radius 2 is 1.61 bits per heavy atom. The van der Waals surface area contributed by atoms with Gasteiger partial charge in [-0.15, -0.1) is 6.42 Å². The van der Waals surface area contributed by atoms with Crippen molar-refractivity contribution in [2.75, 3.05) is 60.1 Å². The van der Waals surface area contributed by atoms with Gasteiger partial charge in [0.15, 0.2) is 11.5 Å². The molecule has 2 aromatic carbocycles. The first-order chi connectivity index (χ1) is 16.1. The fraction of sp³-hybridized carbons (Fsp3) is 0.360. The number of methoxy groups -OCH3 is 3. The maximum absolute atomic E-state index is 6.36. The van der Waals surface area contributed by atoms with Gasteiger partial charge in [-0.1, -0.05) is 18.1 Å². The van der Waals surface area contributed by atoms with E-state index in [-0.39, 0.29) is 5.92 Å². The number of anilines is 1. The van der Waals surface area contributed by atoms with Crippen LogP contribution in [0.15, 0.2) is 36.4 Å². The molecule has 0 saturated heterocycles. The number of ether oxygens (including phenoxy) is 5. The van der Waals surface area contributed by atoms with Crippen LogP contribution in [0.4, 0.5) is 5.82 Å². The van der Waals surface area contributed by atoms with Gasteiger partial charge in [-0.05, 0) is 23.8 Å². The zero-order chi connectivity index (χ0) is 23.6. The van der Waals surface area contributed by atoms with Gasteiger partial charge in [-0.2, -0.15) is 0 Å². The molecule has 0 amide bonds. The molecule has 0 bridgehead atoms. The van der Waals surface area contributed by atoms with Gasteiger partial charge in [0.1, 0.15) is 24.9 Å². The van der Waals surface area contributed by atoms with Crippen LogP contribution in [0.5, 0.6) is 11.5 Å². The van der Waals surface area contributed by atoms with Crippen LogP contribution >= 0.6 is 0 Å². The lowest BCUT2D eigenvalue weighted by Gasteiger charge is -2.18. The van der Waals surface area contributed by atoms with Crippen LogP contribution in [0.2, 0.25) is 0 Å². The molecule has 8 heteroatoms. The lowest BCUT2D eigenvalue weighted by molar-refractivity contribution is 0.132. The number of nitrogen functional groups attached to an aromatic ring is 1. The largest absolute Gasteiger partial charge is 0.487 e. The number of hydrogen-bond donors (Lipinski definition) is 1. The van der Waals surface area contributed by atoms with Crippen molar-refractivity contribution >= 4 is 16.7 Å². The quantitative estimate of drug-likeness (QED) is 0.332. The Bertz CT molecular complexity index is 1110. The Balaban J connectivity index is 2.05. The molecule has 0 aliphatic rings. The van der Waals surface area contributed by atoms with Crippen molar-refractivity contribution in [2.45, 2.75) is 5.92 Å². The third-order valence-corrected chi connectivity index (χ3v) is 5.00. The summed E-state index contributed by atoms with van der Waals surface area (Å²) in [5, 5.41) is 0.666. The maximum atomic E-state index is 6.36. The van der Waals surface area contributed by atoms with E-state index in [0.717, 1.165) is 11.1 Å². The monoisotopic (exact) mass is 451 g/mol. The van der Waals surface area contributed by atoms with E-state index in [1.807, 2.05) is 24.3 Å². The molecule has 1 aromatic heterocycles. The van der Waals surface area contributed by atoms with E-state index in [1.165, 1.54) is 0 Å². The summed E-state index contributed by atoms with van der Waals surface area (Å²) in [5.74, 6) is 4.36. The van der Waals surface area contributed by atoms with Crippen LogP contribution in [0.3, 0.4) is 0 Å². The van der Waals surface area contributed by atoms with Crippen LogP contribution in [0, 0.1) is 12.3 Å². The van der Waals surface area contributed by atoms with E-state index in [0.29, 0.717) is 67.1 Å². The number of aromatic nitrogens is 2. The molecule has 0 aliphatic heterocycles. The van der Waals surface area contributed by atoms with Crippen molar-refractivity contribution in [1.82, 2.24) is 9.97 Å². The summed E-state index contributed by atoms with van der Waals surface area (Å²) in [6.45, 7) is 1.97. The van der Waals surface area contributed by atoms with E-state index in [9.17, 15) is 0 Å². The second-order valence-corrected chi connectivity index (χ2v) is 7.24. The van der Waals surface area contributed by atoms with E-state index >= 15 is 0 Å². The number of rotatable bonds is 12. The maximum Gasteiger partial charge on any atom is 0.163 e. The molecule has 174 valence electrons. The zero-order valence-electron chi connectivity index (χ0n) is 19.2. The highest BCUT2D eigenvalue weighted by atomic mass is 16.5. The summed E-state index contributed by atoms with van der Waals surface area (Å²) in [4.78, 5) is 9.39. The molecule has 0 fully saturated rings. The summed E-state index contributed by atoms with van der Waals surface area (Å²) >= 11 is 0. The van der Waals surface area contributed by atoms with Gasteiger partial charge < -0.3 is 29.4 Å². The molecular weight excluding hydrogens is 422 g/mol. The van der Waals surface area contributed by atoms with Gasteiger partial charge in [0, 0.05) is 38.3 Å². The number of nitrogens with zero attached hydrogens (tertiary/aromatic N) is 2. The summed E-state index contributed by atoms with van der Waals surface area (Å²) in [6.07, 6.45) is 5.58. The van der Waals surface area contributed by atoms with Crippen LogP contribution in [0.25, 0.3) is 10.9 Å². The predicted molar refractivity (Wildman–Crippen MR) is 127 cm³/mol. The molecule has 3 rings (SSSR count). The Kier molecular flexibility index (Phi) is 8.84. The Hall–Kier alpha value is -3.38. The molecule has 33 heavy (non-hydrogen) atoms. The molecule has 1 unspecified atom stereocenters. The van der Waals surface area contributed by atoms with E-state index in [1.54, 1.807) is 33.5 Å². The van der Waals surface area contributed by atoms with E-state index in [4.69, 9.17) is 40.8 Å². The van der Waals surface area contributed by atoms with Crippen molar-refractivity contribution in [3.8, 4) is 23.8 Å². The second-order valence-electron chi connectivity index (χ2n) is 7.24. The molecule has 8 nitrogen and oxygen atoms in total. The number of terminal acetylenes is 1. The molecular formula is C25H29N3O5. The normalized spacial score (nSPS) is 11.8. The van der Waals surface area contributed by atoms with Gasteiger partial charge in [0.2, 0.25) is 0 Å². The number of hydrogen-bond acceptors (Lipinski definition) is 8. The lowest BCUT2D eigenvalue weighted by Crippen LogP contribution is -2.14. The first-order valence-electron chi connectivity index (χ1n) is 10.5. The molecule has 0 aliphatic carbocycles. The molecule has 3 aromatic rings. The molecule has 1 atom stereocenters. The predicted octanol–water partition coefficient (Wildman–Crippen LogP) is 3.02. The van der Waals surface area contributed by atoms with Crippen LogP contribution in [-0.2, 0) is 14.2 Å². The fourth-order valence-electron chi connectivity index (χ4n) is 3.36. The minimum absolute atomic E-state index is 0.245. The first-order valence-corrected chi connectivity index (χ1v) is 10.5. The van der Waals surface area contributed by atoms with Crippen LogP contribution < -0.4 is 15.2 Å². The smallest absolute Gasteiger partial charge is 0.163 e. The number of fused-ring (bicyclic) bond motifs is 1. The standard InChI is InChI=1S/C25H29N3O5/c1-5-17-7-6-8-18(13-17)20(16-31-4)25-27-21-15-23(33-12-10-30-3)22(32-11-9-29-2)14-19(21)24(26)28-25/h1,6-8,13-15,20H,9-12,16H2,2-4H3,(H2,26,27,28). The van der Waals surface area contributed by atoms with Gasteiger partial charge in [0.05, 0.1) is 31.3 Å². The Labute approximate surface area is 194 Å². The van der Waals surface area contributed by atoms with Crippen molar-refractivity contribution in [2.24, 2.45) is 0 Å².